The van der Waals surface area contributed by atoms with Crippen molar-refractivity contribution in [1.29, 1.82) is 0 Å². The van der Waals surface area contributed by atoms with Gasteiger partial charge in [-0.3, -0.25) is 0 Å². The van der Waals surface area contributed by atoms with Gasteiger partial charge in [-0.1, -0.05) is 0 Å². The van der Waals surface area contributed by atoms with Crippen molar-refractivity contribution in [3.63, 3.8) is 0 Å². The van der Waals surface area contributed by atoms with Crippen LogP contribution in [0.5, 0.6) is 0 Å². The van der Waals surface area contributed by atoms with E-state index >= 15 is 0 Å². The van der Waals surface area contributed by atoms with E-state index < -0.39 is 18.7 Å². The molecule has 1 unspecified atom stereocenters. The van der Waals surface area contributed by atoms with Gasteiger partial charge in [-0.2, -0.15) is 0 Å². The van der Waals surface area contributed by atoms with Crippen molar-refractivity contribution in [3.05, 3.63) is 35.9 Å². The predicted molar refractivity (Wildman–Crippen MR) is 69.8 cm³/mol. The van der Waals surface area contributed by atoms with E-state index in [-0.39, 0.29) is 4.82 Å². The Morgan fingerprint density at radius 3 is 2.59 bits per heavy atom. The molecular formula is C12H15BrF2OSe. The molecule has 0 heterocycles. The summed E-state index contributed by atoms with van der Waals surface area (Å²) >= 11 is 1.66. The molecule has 17 heavy (non-hydrogen) atoms. The van der Waals surface area contributed by atoms with Gasteiger partial charge in [0.15, 0.2) is 0 Å². The molecule has 5 heteroatoms. The van der Waals surface area contributed by atoms with Gasteiger partial charge in [-0.15, -0.1) is 0 Å². The topological polar surface area (TPSA) is 9.23 Å². The molecule has 0 saturated carbocycles. The second kappa shape index (κ2) is 7.47. The summed E-state index contributed by atoms with van der Waals surface area (Å²) in [5, 5.41) is 0. The van der Waals surface area contributed by atoms with Gasteiger partial charge in [0.25, 0.3) is 0 Å². The molecule has 0 bridgehead atoms. The SMILES string of the molecule is CC(CCOCc1ccccc1)[Se]C(F)(F)Br. The van der Waals surface area contributed by atoms with Gasteiger partial charge < -0.3 is 0 Å². The van der Waals surface area contributed by atoms with E-state index in [0.717, 1.165) is 5.56 Å². The standard InChI is InChI=1S/C12H15BrF2OSe/c1-10(17-12(13,14)15)7-8-16-9-11-5-3-2-4-6-11/h2-6,10H,7-9H2,1H3. The molecule has 0 spiro atoms. The molecule has 0 aliphatic carbocycles. The van der Waals surface area contributed by atoms with Crippen LogP contribution >= 0.6 is 15.9 Å². The van der Waals surface area contributed by atoms with Crippen LogP contribution in [-0.4, -0.2) is 25.3 Å². The van der Waals surface area contributed by atoms with E-state index in [1.807, 2.05) is 37.3 Å². The van der Waals surface area contributed by atoms with Gasteiger partial charge in [0, 0.05) is 0 Å². The van der Waals surface area contributed by atoms with E-state index in [4.69, 9.17) is 4.74 Å². The Morgan fingerprint density at radius 1 is 1.35 bits per heavy atom. The van der Waals surface area contributed by atoms with Crippen LogP contribution in [0.1, 0.15) is 18.9 Å². The van der Waals surface area contributed by atoms with Gasteiger partial charge in [0.1, 0.15) is 0 Å². The normalized spacial score (nSPS) is 13.6. The van der Waals surface area contributed by atoms with Crippen LogP contribution in [0, 0.1) is 0 Å². The van der Waals surface area contributed by atoms with E-state index in [2.05, 4.69) is 15.9 Å². The molecule has 1 aromatic rings. The fourth-order valence-electron chi connectivity index (χ4n) is 1.30. The second-order valence-corrected chi connectivity index (χ2v) is 9.14. The van der Waals surface area contributed by atoms with Gasteiger partial charge in [0.05, 0.1) is 0 Å². The maximum atomic E-state index is 12.7. The van der Waals surface area contributed by atoms with Crippen LogP contribution in [0.4, 0.5) is 8.78 Å². The minimum atomic E-state index is -2.70. The number of hydrogen-bond donors (Lipinski definition) is 0. The Morgan fingerprint density at radius 2 is 2.00 bits per heavy atom. The van der Waals surface area contributed by atoms with Crippen molar-refractivity contribution in [1.82, 2.24) is 0 Å². The monoisotopic (exact) mass is 372 g/mol. The average molecular weight is 372 g/mol. The summed E-state index contributed by atoms with van der Waals surface area (Å²) < 4.78 is 28.1. The van der Waals surface area contributed by atoms with Crippen molar-refractivity contribution >= 4 is 30.9 Å². The fourth-order valence-corrected chi connectivity index (χ4v) is 4.36. The first-order chi connectivity index (χ1) is 7.97. The van der Waals surface area contributed by atoms with Crippen LogP contribution in [0.15, 0.2) is 30.3 Å². The number of halogens is 3. The van der Waals surface area contributed by atoms with Crippen LogP contribution in [0.25, 0.3) is 0 Å². The average Bonchev–Trinajstić information content (AvgIpc) is 2.23. The van der Waals surface area contributed by atoms with Crippen molar-refractivity contribution in [2.75, 3.05) is 6.61 Å². The molecule has 0 amide bonds. The number of alkyl halides is 3. The molecule has 1 nitrogen and oxygen atoms in total. The van der Waals surface area contributed by atoms with Crippen molar-refractivity contribution in [3.8, 4) is 0 Å². The molecule has 1 aromatic carbocycles. The van der Waals surface area contributed by atoms with Crippen LogP contribution in [0.3, 0.4) is 0 Å². The van der Waals surface area contributed by atoms with Gasteiger partial charge in [-0.25, -0.2) is 0 Å². The number of rotatable bonds is 7. The first kappa shape index (κ1) is 15.1. The van der Waals surface area contributed by atoms with E-state index in [1.165, 1.54) is 0 Å². The first-order valence-corrected chi connectivity index (χ1v) is 7.97. The van der Waals surface area contributed by atoms with Crippen molar-refractivity contribution in [2.45, 2.75) is 28.5 Å². The molecule has 0 aromatic heterocycles. The minimum absolute atomic E-state index is 0.00708. The van der Waals surface area contributed by atoms with Gasteiger partial charge in [0.2, 0.25) is 0 Å². The third-order valence-electron chi connectivity index (χ3n) is 2.12. The van der Waals surface area contributed by atoms with Crippen LogP contribution in [0.2, 0.25) is 4.82 Å². The molecule has 0 saturated heterocycles. The van der Waals surface area contributed by atoms with E-state index in [0.29, 0.717) is 19.6 Å². The van der Waals surface area contributed by atoms with Gasteiger partial charge in [-0.05, 0) is 0 Å². The quantitative estimate of drug-likeness (QED) is 0.399. The van der Waals surface area contributed by atoms with E-state index in [9.17, 15) is 8.78 Å². The van der Waals surface area contributed by atoms with Crippen molar-refractivity contribution in [2.24, 2.45) is 0 Å². The molecule has 0 radical (unpaired) electrons. The molecule has 1 atom stereocenters. The summed E-state index contributed by atoms with van der Waals surface area (Å²) in [5.41, 5.74) is 1.11. The zero-order chi connectivity index (χ0) is 12.7. The van der Waals surface area contributed by atoms with Gasteiger partial charge >= 0.3 is 115 Å². The summed E-state index contributed by atoms with van der Waals surface area (Å²) in [6.07, 6.45) is 0.675. The summed E-state index contributed by atoms with van der Waals surface area (Å²) in [7, 11) is 0. The molecule has 0 N–H and O–H groups in total. The molecule has 1 rings (SSSR count). The maximum absolute atomic E-state index is 12.7. The van der Waals surface area contributed by atoms with Crippen molar-refractivity contribution < 1.29 is 13.5 Å². The Labute approximate surface area is 115 Å². The Bertz CT molecular complexity index is 316. The zero-order valence-corrected chi connectivity index (χ0v) is 12.8. The summed E-state index contributed by atoms with van der Waals surface area (Å²) in [5.74, 6) is 0. The second-order valence-electron chi connectivity index (χ2n) is 3.70. The number of hydrogen-bond acceptors (Lipinski definition) is 1. The summed E-state index contributed by atoms with van der Waals surface area (Å²) in [6, 6.07) is 9.83. The Hall–Kier alpha value is 0.0395. The number of ether oxygens (including phenoxy) is 1. The van der Waals surface area contributed by atoms with Crippen LogP contribution in [-0.2, 0) is 11.3 Å². The molecule has 0 aliphatic rings. The summed E-state index contributed by atoms with van der Waals surface area (Å²) in [4.78, 5) is 0.00708. The molecular weight excluding hydrogens is 357 g/mol. The van der Waals surface area contributed by atoms with E-state index in [1.54, 1.807) is 0 Å². The first-order valence-electron chi connectivity index (χ1n) is 5.33. The zero-order valence-electron chi connectivity index (χ0n) is 9.54. The fraction of sp³-hybridized carbons (Fsp3) is 0.500. The third kappa shape index (κ3) is 7.87. The predicted octanol–water partition coefficient (Wildman–Crippen LogP) is 4.05. The Kier molecular flexibility index (Phi) is 6.63. The number of benzene rings is 1. The van der Waals surface area contributed by atoms with Crippen LogP contribution < -0.4 is 0 Å². The molecule has 96 valence electrons. The third-order valence-corrected chi connectivity index (χ3v) is 4.99. The summed E-state index contributed by atoms with van der Waals surface area (Å²) in [6.45, 7) is 2.91. The molecule has 0 aliphatic heterocycles. The Balaban J connectivity index is 2.12. The molecule has 0 fully saturated rings.